The molecule has 0 aromatic heterocycles. The number of para-hydroxylation sites is 2. The summed E-state index contributed by atoms with van der Waals surface area (Å²) in [5.74, 6) is -0.350. The minimum Gasteiger partial charge on any atom is -0.433 e. The Bertz CT molecular complexity index is 891. The van der Waals surface area contributed by atoms with Gasteiger partial charge in [-0.1, -0.05) is 42.5 Å². The van der Waals surface area contributed by atoms with E-state index < -0.39 is 6.61 Å². The van der Waals surface area contributed by atoms with E-state index in [4.69, 9.17) is 9.47 Å². The fraction of sp³-hybridized carbons (Fsp3) is 0.458. The van der Waals surface area contributed by atoms with Crippen LogP contribution >= 0.6 is 0 Å². The Hall–Kier alpha value is -2.55. The average Bonchev–Trinajstić information content (AvgIpc) is 3.25. The summed E-state index contributed by atoms with van der Waals surface area (Å²) in [7, 11) is 0. The standard InChI is InChI=1S/C24H28F2N2O4/c25-23(26)32-20-10-5-4-9-19(20)27-22(29)16-28-13-12-24(11-6-14-31-24)21(15-28)30-17-18-7-2-1-3-8-18/h1-5,7-10,21,23H,6,11-17H2,(H,27,29)/t21-,24-/m0/s1. The summed E-state index contributed by atoms with van der Waals surface area (Å²) in [6.45, 7) is -0.352. The Morgan fingerprint density at radius 2 is 1.94 bits per heavy atom. The number of ether oxygens (including phenoxy) is 3. The summed E-state index contributed by atoms with van der Waals surface area (Å²) >= 11 is 0. The maximum atomic E-state index is 12.6. The summed E-state index contributed by atoms with van der Waals surface area (Å²) in [6.07, 6.45) is 2.59. The molecule has 2 aliphatic rings. The second-order valence-corrected chi connectivity index (χ2v) is 8.21. The van der Waals surface area contributed by atoms with Crippen LogP contribution in [0.4, 0.5) is 14.5 Å². The molecule has 4 rings (SSSR count). The molecule has 0 unspecified atom stereocenters. The first-order chi connectivity index (χ1) is 15.5. The molecule has 1 N–H and O–H groups in total. The monoisotopic (exact) mass is 446 g/mol. The molecule has 172 valence electrons. The van der Waals surface area contributed by atoms with E-state index in [1.165, 1.54) is 6.07 Å². The third-order valence-corrected chi connectivity index (χ3v) is 6.03. The van der Waals surface area contributed by atoms with Crippen LogP contribution in [0.5, 0.6) is 5.75 Å². The van der Waals surface area contributed by atoms with Gasteiger partial charge in [-0.2, -0.15) is 8.78 Å². The van der Waals surface area contributed by atoms with Crippen molar-refractivity contribution >= 4 is 11.6 Å². The third-order valence-electron chi connectivity index (χ3n) is 6.03. The normalized spacial score (nSPS) is 23.5. The quantitative estimate of drug-likeness (QED) is 0.663. The topological polar surface area (TPSA) is 60.0 Å². The first-order valence-corrected chi connectivity index (χ1v) is 10.9. The van der Waals surface area contributed by atoms with Gasteiger partial charge in [0.2, 0.25) is 5.91 Å². The number of nitrogens with one attached hydrogen (secondary N) is 1. The molecule has 32 heavy (non-hydrogen) atoms. The minimum absolute atomic E-state index is 0.0585. The van der Waals surface area contributed by atoms with Gasteiger partial charge < -0.3 is 19.5 Å². The summed E-state index contributed by atoms with van der Waals surface area (Å²) in [4.78, 5) is 14.7. The number of nitrogens with zero attached hydrogens (tertiary/aromatic N) is 1. The maximum Gasteiger partial charge on any atom is 0.387 e. The third kappa shape index (κ3) is 5.62. The molecule has 2 aromatic rings. The predicted octanol–water partition coefficient (Wildman–Crippen LogP) is 4.07. The Kier molecular flexibility index (Phi) is 7.34. The highest BCUT2D eigenvalue weighted by molar-refractivity contribution is 5.93. The van der Waals surface area contributed by atoms with Crippen LogP contribution in [0.15, 0.2) is 54.6 Å². The van der Waals surface area contributed by atoms with Gasteiger partial charge in [-0.3, -0.25) is 9.69 Å². The van der Waals surface area contributed by atoms with Crippen molar-refractivity contribution in [1.82, 2.24) is 4.90 Å². The number of amides is 1. The summed E-state index contributed by atoms with van der Waals surface area (Å²) in [6, 6.07) is 16.1. The number of carbonyl (C=O) groups is 1. The second-order valence-electron chi connectivity index (χ2n) is 8.21. The molecule has 0 aliphatic carbocycles. The van der Waals surface area contributed by atoms with Crippen LogP contribution < -0.4 is 10.1 Å². The van der Waals surface area contributed by atoms with E-state index in [1.807, 2.05) is 35.2 Å². The number of rotatable bonds is 8. The molecule has 2 fully saturated rings. The zero-order valence-corrected chi connectivity index (χ0v) is 17.8. The van der Waals surface area contributed by atoms with Crippen molar-refractivity contribution < 1.29 is 27.8 Å². The van der Waals surface area contributed by atoms with Crippen molar-refractivity contribution in [2.45, 2.75) is 44.2 Å². The molecular formula is C24H28F2N2O4. The molecule has 2 aliphatic heterocycles. The van der Waals surface area contributed by atoms with Gasteiger partial charge in [0, 0.05) is 19.7 Å². The summed E-state index contributed by atoms with van der Waals surface area (Å²) in [5, 5.41) is 2.69. The molecule has 2 atom stereocenters. The number of likely N-dealkylation sites (tertiary alicyclic amines) is 1. The lowest BCUT2D eigenvalue weighted by molar-refractivity contribution is -0.159. The highest BCUT2D eigenvalue weighted by Gasteiger charge is 2.47. The molecule has 6 nitrogen and oxygen atoms in total. The average molecular weight is 446 g/mol. The van der Waals surface area contributed by atoms with E-state index in [1.54, 1.807) is 18.2 Å². The lowest BCUT2D eigenvalue weighted by atomic mass is 9.85. The zero-order valence-electron chi connectivity index (χ0n) is 17.8. The van der Waals surface area contributed by atoms with Gasteiger partial charge in [0.05, 0.1) is 30.5 Å². The van der Waals surface area contributed by atoms with Crippen LogP contribution in [0.2, 0.25) is 0 Å². The van der Waals surface area contributed by atoms with Gasteiger partial charge in [-0.05, 0) is 37.0 Å². The molecule has 0 saturated carbocycles. The Labute approximate surface area is 186 Å². The number of piperidine rings is 1. The van der Waals surface area contributed by atoms with E-state index in [9.17, 15) is 13.6 Å². The predicted molar refractivity (Wildman–Crippen MR) is 116 cm³/mol. The lowest BCUT2D eigenvalue weighted by Crippen LogP contribution is -2.57. The van der Waals surface area contributed by atoms with Crippen LogP contribution in [0.25, 0.3) is 0 Å². The van der Waals surface area contributed by atoms with Gasteiger partial charge in [-0.15, -0.1) is 0 Å². The molecule has 2 heterocycles. The highest BCUT2D eigenvalue weighted by Crippen LogP contribution is 2.38. The van der Waals surface area contributed by atoms with Crippen LogP contribution in [0.1, 0.15) is 24.8 Å². The Morgan fingerprint density at radius 1 is 1.16 bits per heavy atom. The molecule has 2 aromatic carbocycles. The van der Waals surface area contributed by atoms with Crippen molar-refractivity contribution in [3.05, 3.63) is 60.2 Å². The van der Waals surface area contributed by atoms with E-state index in [0.29, 0.717) is 19.7 Å². The number of hydrogen-bond acceptors (Lipinski definition) is 5. The fourth-order valence-corrected chi connectivity index (χ4v) is 4.45. The van der Waals surface area contributed by atoms with Gasteiger partial charge in [-0.25, -0.2) is 0 Å². The van der Waals surface area contributed by atoms with Gasteiger partial charge in [0.1, 0.15) is 5.75 Å². The number of halogens is 2. The minimum atomic E-state index is -2.96. The Morgan fingerprint density at radius 3 is 2.69 bits per heavy atom. The van der Waals surface area contributed by atoms with Crippen molar-refractivity contribution in [3.8, 4) is 5.75 Å². The van der Waals surface area contributed by atoms with E-state index in [-0.39, 0.29) is 35.6 Å². The maximum absolute atomic E-state index is 12.6. The molecule has 1 amide bonds. The van der Waals surface area contributed by atoms with Crippen molar-refractivity contribution in [2.75, 3.05) is 31.6 Å². The Balaban J connectivity index is 1.37. The first kappa shape index (κ1) is 22.6. The van der Waals surface area contributed by atoms with Crippen molar-refractivity contribution in [2.24, 2.45) is 0 Å². The van der Waals surface area contributed by atoms with E-state index >= 15 is 0 Å². The van der Waals surface area contributed by atoms with Crippen LogP contribution in [0.3, 0.4) is 0 Å². The largest absolute Gasteiger partial charge is 0.433 e. The van der Waals surface area contributed by atoms with Crippen LogP contribution in [-0.4, -0.2) is 55.4 Å². The number of benzene rings is 2. The molecular weight excluding hydrogens is 418 g/mol. The first-order valence-electron chi connectivity index (χ1n) is 10.9. The van der Waals surface area contributed by atoms with E-state index in [0.717, 1.165) is 31.4 Å². The molecule has 0 radical (unpaired) electrons. The number of anilines is 1. The van der Waals surface area contributed by atoms with Crippen molar-refractivity contribution in [3.63, 3.8) is 0 Å². The fourth-order valence-electron chi connectivity index (χ4n) is 4.45. The molecule has 8 heteroatoms. The molecule has 2 saturated heterocycles. The van der Waals surface area contributed by atoms with Gasteiger partial charge in [0.25, 0.3) is 0 Å². The van der Waals surface area contributed by atoms with Gasteiger partial charge in [0.15, 0.2) is 0 Å². The highest BCUT2D eigenvalue weighted by atomic mass is 19.3. The summed E-state index contributed by atoms with van der Waals surface area (Å²) < 4.78 is 42.2. The summed E-state index contributed by atoms with van der Waals surface area (Å²) in [5.41, 5.74) is 1.01. The lowest BCUT2D eigenvalue weighted by Gasteiger charge is -2.44. The van der Waals surface area contributed by atoms with Crippen LogP contribution in [0, 0.1) is 0 Å². The smallest absolute Gasteiger partial charge is 0.387 e. The van der Waals surface area contributed by atoms with Crippen LogP contribution in [-0.2, 0) is 20.9 Å². The molecule has 0 bridgehead atoms. The number of hydrogen-bond donors (Lipinski definition) is 1. The number of carbonyl (C=O) groups excluding carboxylic acids is 1. The second kappa shape index (κ2) is 10.4. The number of alkyl halides is 2. The van der Waals surface area contributed by atoms with E-state index in [2.05, 4.69) is 10.1 Å². The SMILES string of the molecule is O=C(CN1CC[C@@]2(CCCO2)[C@@H](OCc2ccccc2)C1)Nc1ccccc1OC(F)F. The van der Waals surface area contributed by atoms with Crippen molar-refractivity contribution in [1.29, 1.82) is 0 Å². The zero-order chi connectivity index (χ0) is 22.4. The molecule has 1 spiro atoms. The van der Waals surface area contributed by atoms with Gasteiger partial charge >= 0.3 is 6.61 Å².